The van der Waals surface area contributed by atoms with Crippen LogP contribution in [-0.2, 0) is 0 Å². The second-order valence-corrected chi connectivity index (χ2v) is 5.85. The molecule has 1 aliphatic rings. The highest BCUT2D eigenvalue weighted by Gasteiger charge is 2.16. The molecule has 1 N–H and O–H groups in total. The minimum absolute atomic E-state index is 0.102. The van der Waals surface area contributed by atoms with Gasteiger partial charge in [-0.3, -0.25) is 4.79 Å². The van der Waals surface area contributed by atoms with Crippen molar-refractivity contribution in [1.29, 1.82) is 0 Å². The highest BCUT2D eigenvalue weighted by atomic mass is 35.5. The Labute approximate surface area is 144 Å². The van der Waals surface area contributed by atoms with E-state index in [0.29, 0.717) is 10.7 Å². The van der Waals surface area contributed by atoms with Crippen molar-refractivity contribution in [3.8, 4) is 0 Å². The van der Waals surface area contributed by atoms with E-state index >= 15 is 0 Å². The summed E-state index contributed by atoms with van der Waals surface area (Å²) in [7, 11) is 0. The predicted molar refractivity (Wildman–Crippen MR) is 92.4 cm³/mol. The summed E-state index contributed by atoms with van der Waals surface area (Å²) in [4.78, 5) is 16.4. The number of halogens is 1. The monoisotopic (exact) mass is 338 g/mol. The van der Waals surface area contributed by atoms with Crippen molar-refractivity contribution in [2.45, 2.75) is 19.9 Å². The summed E-state index contributed by atoms with van der Waals surface area (Å²) in [5.74, 6) is -0.239. The molecule has 2 aromatic rings. The Morgan fingerprint density at radius 2 is 2.00 bits per heavy atom. The van der Waals surface area contributed by atoms with Crippen molar-refractivity contribution >= 4 is 23.2 Å². The lowest BCUT2D eigenvalue weighted by Crippen LogP contribution is -2.27. The number of benzene rings is 1. The number of rotatable bonds is 4. The molecule has 0 saturated carbocycles. The van der Waals surface area contributed by atoms with Gasteiger partial charge < -0.3 is 5.32 Å². The van der Waals surface area contributed by atoms with Gasteiger partial charge in [-0.2, -0.15) is 0 Å². The fourth-order valence-electron chi connectivity index (χ4n) is 2.16. The molecule has 0 bridgehead atoms. The van der Waals surface area contributed by atoms with E-state index < -0.39 is 0 Å². The first-order chi connectivity index (χ1) is 11.5. The normalized spacial score (nSPS) is 14.1. The van der Waals surface area contributed by atoms with Gasteiger partial charge in [0.25, 0.3) is 5.91 Å². The quantitative estimate of drug-likeness (QED) is 0.867. The van der Waals surface area contributed by atoms with E-state index in [-0.39, 0.29) is 17.8 Å². The number of aromatic nitrogens is 3. The Hall–Kier alpha value is -2.84. The van der Waals surface area contributed by atoms with Crippen LogP contribution in [0.2, 0.25) is 5.02 Å². The van der Waals surface area contributed by atoms with Crippen LogP contribution >= 0.6 is 11.6 Å². The van der Waals surface area contributed by atoms with Gasteiger partial charge in [-0.15, -0.1) is 5.10 Å². The molecule has 0 aliphatic heterocycles. The lowest BCUT2D eigenvalue weighted by atomic mass is 10.1. The van der Waals surface area contributed by atoms with Crippen LogP contribution < -0.4 is 5.32 Å². The molecule has 0 saturated heterocycles. The number of allylic oxidation sites excluding steroid dienone is 4. The largest absolute Gasteiger partial charge is 0.343 e. The fourth-order valence-corrected chi connectivity index (χ4v) is 2.29. The predicted octanol–water partition coefficient (Wildman–Crippen LogP) is 3.53. The first kappa shape index (κ1) is 16.0. The molecule has 1 heterocycles. The fraction of sp³-hybridized carbons (Fsp3) is 0.167. The Morgan fingerprint density at radius 3 is 2.67 bits per heavy atom. The molecule has 120 valence electrons. The third-order valence-electron chi connectivity index (χ3n) is 3.54. The van der Waals surface area contributed by atoms with E-state index in [4.69, 9.17) is 11.6 Å². The number of nitrogens with zero attached hydrogens (tertiary/aromatic N) is 3. The molecule has 1 aromatic heterocycles. The van der Waals surface area contributed by atoms with Crippen LogP contribution in [-0.4, -0.2) is 20.7 Å². The smallest absolute Gasteiger partial charge is 0.291 e. The third kappa shape index (κ3) is 3.55. The average molecular weight is 339 g/mol. The first-order valence-electron chi connectivity index (χ1n) is 7.42. The van der Waals surface area contributed by atoms with Crippen LogP contribution in [0.15, 0.2) is 59.8 Å². The van der Waals surface area contributed by atoms with Crippen molar-refractivity contribution in [3.05, 3.63) is 76.2 Å². The minimum Gasteiger partial charge on any atom is -0.343 e. The Balaban J connectivity index is 1.73. The van der Waals surface area contributed by atoms with Crippen molar-refractivity contribution in [3.63, 3.8) is 0 Å². The lowest BCUT2D eigenvalue weighted by Gasteiger charge is -2.13. The van der Waals surface area contributed by atoms with Crippen LogP contribution in [0.4, 0.5) is 0 Å². The van der Waals surface area contributed by atoms with Crippen molar-refractivity contribution in [2.75, 3.05) is 0 Å². The molecule has 1 unspecified atom stereocenters. The summed E-state index contributed by atoms with van der Waals surface area (Å²) in [6.45, 7) is 3.82. The molecule has 0 fully saturated rings. The average Bonchev–Trinajstić information content (AvgIpc) is 3.06. The summed E-state index contributed by atoms with van der Waals surface area (Å²) >= 11 is 5.87. The molecule has 0 spiro atoms. The zero-order valence-corrected chi connectivity index (χ0v) is 14.0. The molecule has 1 aromatic carbocycles. The van der Waals surface area contributed by atoms with Crippen LogP contribution in [0.3, 0.4) is 0 Å². The number of hydrogen-bond donors (Lipinski definition) is 1. The molecule has 1 amide bonds. The number of nitrogens with one attached hydrogen (secondary N) is 1. The van der Waals surface area contributed by atoms with Crippen molar-refractivity contribution < 1.29 is 4.79 Å². The van der Waals surface area contributed by atoms with Crippen LogP contribution in [0, 0.1) is 0 Å². The number of carbonyl (C=O) groups is 1. The summed E-state index contributed by atoms with van der Waals surface area (Å²) in [5, 5.41) is 7.72. The molecule has 6 heteroatoms. The second kappa shape index (κ2) is 6.73. The highest BCUT2D eigenvalue weighted by Crippen LogP contribution is 2.16. The zero-order chi connectivity index (χ0) is 17.1. The van der Waals surface area contributed by atoms with Gasteiger partial charge >= 0.3 is 0 Å². The molecule has 3 rings (SSSR count). The summed E-state index contributed by atoms with van der Waals surface area (Å²) in [5.41, 5.74) is 8.55. The summed E-state index contributed by atoms with van der Waals surface area (Å²) in [6.07, 6.45) is 5.23. The Kier molecular flexibility index (Phi) is 4.50. The van der Waals surface area contributed by atoms with Gasteiger partial charge in [0.05, 0.1) is 6.04 Å². The van der Waals surface area contributed by atoms with E-state index in [1.54, 1.807) is 12.1 Å². The van der Waals surface area contributed by atoms with Gasteiger partial charge in [-0.25, -0.2) is 9.67 Å². The molecular formula is C18H15ClN4O. The van der Waals surface area contributed by atoms with E-state index in [0.717, 1.165) is 11.1 Å². The van der Waals surface area contributed by atoms with Gasteiger partial charge in [0.1, 0.15) is 12.0 Å². The van der Waals surface area contributed by atoms with Gasteiger partial charge in [0, 0.05) is 5.02 Å². The molecule has 24 heavy (non-hydrogen) atoms. The number of amides is 1. The molecule has 1 aliphatic carbocycles. The maximum absolute atomic E-state index is 12.3. The van der Waals surface area contributed by atoms with E-state index in [2.05, 4.69) is 26.9 Å². The van der Waals surface area contributed by atoms with Crippen LogP contribution in [0.5, 0.6) is 0 Å². The maximum Gasteiger partial charge on any atom is 0.291 e. The van der Waals surface area contributed by atoms with Crippen LogP contribution in [0.1, 0.15) is 36.1 Å². The van der Waals surface area contributed by atoms with E-state index in [1.807, 2.05) is 38.1 Å². The van der Waals surface area contributed by atoms with Gasteiger partial charge in [-0.1, -0.05) is 29.5 Å². The number of carbonyl (C=O) groups excluding carboxylic acids is 1. The number of hydrogen-bond acceptors (Lipinski definition) is 3. The zero-order valence-electron chi connectivity index (χ0n) is 13.2. The minimum atomic E-state index is -0.340. The molecule has 5 nitrogen and oxygen atoms in total. The third-order valence-corrected chi connectivity index (χ3v) is 3.79. The van der Waals surface area contributed by atoms with Gasteiger partial charge in [0.2, 0.25) is 5.82 Å². The van der Waals surface area contributed by atoms with E-state index in [9.17, 15) is 4.79 Å². The standard InChI is InChI=1S/C18H15ClN4O/c1-12-3-9-16(10-4-12)23-11-20-17(22-23)18(24)21-13(2)14-5-7-15(19)8-6-14/h3,5-9,11,13H,1-2H3,(H,21,24). The molecule has 0 radical (unpaired) electrons. The van der Waals surface area contributed by atoms with Gasteiger partial charge in [-0.05, 0) is 55.0 Å². The first-order valence-corrected chi connectivity index (χ1v) is 7.80. The maximum atomic E-state index is 12.3. The SMILES string of the molecule is CC1=C=C=C(n2cnc(C(=O)NC(C)c3ccc(Cl)cc3)n2)C=C1. The molecular weight excluding hydrogens is 324 g/mol. The van der Waals surface area contributed by atoms with Crippen molar-refractivity contribution in [2.24, 2.45) is 0 Å². The van der Waals surface area contributed by atoms with E-state index in [1.165, 1.54) is 11.0 Å². The van der Waals surface area contributed by atoms with Crippen LogP contribution in [0.25, 0.3) is 5.70 Å². The molecule has 1 atom stereocenters. The summed E-state index contributed by atoms with van der Waals surface area (Å²) < 4.78 is 1.50. The van der Waals surface area contributed by atoms with Gasteiger partial charge in [0.15, 0.2) is 0 Å². The second-order valence-electron chi connectivity index (χ2n) is 5.41. The highest BCUT2D eigenvalue weighted by molar-refractivity contribution is 6.30. The Morgan fingerprint density at radius 1 is 1.25 bits per heavy atom. The topological polar surface area (TPSA) is 59.8 Å². The summed E-state index contributed by atoms with van der Waals surface area (Å²) in [6, 6.07) is 7.14. The Bertz CT molecular complexity index is 911. The lowest BCUT2D eigenvalue weighted by molar-refractivity contribution is 0.0929. The van der Waals surface area contributed by atoms with Crippen molar-refractivity contribution in [1.82, 2.24) is 20.1 Å².